The summed E-state index contributed by atoms with van der Waals surface area (Å²) in [5, 5.41) is 0. The van der Waals surface area contributed by atoms with E-state index in [2.05, 4.69) is 18.4 Å². The van der Waals surface area contributed by atoms with E-state index in [0.717, 1.165) is 32.1 Å². The maximum atomic E-state index is 12.4. The predicted octanol–water partition coefficient (Wildman–Crippen LogP) is 14.0. The van der Waals surface area contributed by atoms with Gasteiger partial charge >= 0.3 is 19.8 Å². The average molecular weight is 775 g/mol. The Morgan fingerprint density at radius 2 is 0.679 bits per heavy atom. The van der Waals surface area contributed by atoms with Crippen molar-refractivity contribution in [3.05, 3.63) is 0 Å². The summed E-state index contributed by atoms with van der Waals surface area (Å²) in [5.41, 5.74) is 0. The van der Waals surface area contributed by atoms with Gasteiger partial charge in [-0.2, -0.15) is 0 Å². The van der Waals surface area contributed by atoms with Crippen LogP contribution in [0.1, 0.15) is 251 Å². The first-order valence-electron chi connectivity index (χ1n) is 22.8. The molecule has 0 aliphatic carbocycles. The van der Waals surface area contributed by atoms with E-state index in [1.54, 1.807) is 0 Å². The van der Waals surface area contributed by atoms with Gasteiger partial charge in [-0.25, -0.2) is 4.57 Å². The van der Waals surface area contributed by atoms with Gasteiger partial charge in [0.2, 0.25) is 0 Å². The standard InChI is InChI=1S/C44H87O8P/c1-3-5-7-9-11-13-15-17-19-20-21-22-23-24-25-27-29-31-33-35-37-39-44(46)52-42(41-51-53(47,48)49)40-50-43(45)38-36-34-32-30-28-26-18-16-14-12-10-8-6-4-2/h42H,3-41H2,1-2H3,(H2,47,48,49). The molecule has 0 spiro atoms. The van der Waals surface area contributed by atoms with Crippen LogP contribution >= 0.6 is 7.82 Å². The SMILES string of the molecule is CCCCCCCCCCCCCCCCCCCCCCCC(=O)OC(COC(=O)CCCCCCCCCCCCCCCC)COP(=O)(O)O. The molecule has 0 fully saturated rings. The van der Waals surface area contributed by atoms with Crippen LogP contribution < -0.4 is 0 Å². The van der Waals surface area contributed by atoms with Crippen LogP contribution in [-0.4, -0.2) is 41.0 Å². The number of unbranched alkanes of at least 4 members (excludes halogenated alkanes) is 33. The molecule has 0 heterocycles. The minimum atomic E-state index is -4.75. The molecule has 0 aromatic rings. The Bertz CT molecular complexity index is 832. The van der Waals surface area contributed by atoms with Crippen LogP contribution in [-0.2, 0) is 28.2 Å². The Morgan fingerprint density at radius 3 is 0.962 bits per heavy atom. The number of carbonyl (C=O) groups is 2. The number of ether oxygens (including phenoxy) is 2. The highest BCUT2D eigenvalue weighted by atomic mass is 31.2. The van der Waals surface area contributed by atoms with Gasteiger partial charge in [-0.15, -0.1) is 0 Å². The second kappa shape index (κ2) is 40.7. The third-order valence-electron chi connectivity index (χ3n) is 10.4. The third-order valence-corrected chi connectivity index (χ3v) is 10.9. The van der Waals surface area contributed by atoms with Crippen LogP contribution in [0.25, 0.3) is 0 Å². The molecule has 0 saturated carbocycles. The van der Waals surface area contributed by atoms with Gasteiger partial charge in [-0.05, 0) is 12.8 Å². The Labute approximate surface area is 327 Å². The molecule has 0 radical (unpaired) electrons. The quantitative estimate of drug-likeness (QED) is 0.0357. The van der Waals surface area contributed by atoms with Gasteiger partial charge in [0.15, 0.2) is 6.10 Å². The zero-order chi connectivity index (χ0) is 38.9. The molecule has 0 bridgehead atoms. The first-order chi connectivity index (χ1) is 25.8. The van der Waals surface area contributed by atoms with E-state index in [1.807, 2.05) is 0 Å². The van der Waals surface area contributed by atoms with Crippen molar-refractivity contribution in [2.75, 3.05) is 13.2 Å². The molecule has 0 aliphatic heterocycles. The van der Waals surface area contributed by atoms with Crippen LogP contribution in [0.4, 0.5) is 0 Å². The fraction of sp³-hybridized carbons (Fsp3) is 0.955. The summed E-state index contributed by atoms with van der Waals surface area (Å²) in [7, 11) is -4.75. The van der Waals surface area contributed by atoms with E-state index in [-0.39, 0.29) is 19.4 Å². The van der Waals surface area contributed by atoms with Gasteiger partial charge in [0.25, 0.3) is 0 Å². The lowest BCUT2D eigenvalue weighted by Crippen LogP contribution is -2.29. The van der Waals surface area contributed by atoms with Crippen LogP contribution in [0, 0.1) is 0 Å². The number of hydrogen-bond donors (Lipinski definition) is 2. The zero-order valence-electron chi connectivity index (χ0n) is 34.9. The summed E-state index contributed by atoms with van der Waals surface area (Å²) in [6, 6.07) is 0. The Balaban J connectivity index is 3.79. The highest BCUT2D eigenvalue weighted by Crippen LogP contribution is 2.36. The van der Waals surface area contributed by atoms with Crippen LogP contribution in [0.5, 0.6) is 0 Å². The summed E-state index contributed by atoms with van der Waals surface area (Å²) in [6.07, 6.45) is 44.0. The number of esters is 2. The molecule has 0 amide bonds. The monoisotopic (exact) mass is 775 g/mol. The third kappa shape index (κ3) is 43.6. The summed E-state index contributed by atoms with van der Waals surface area (Å²) in [4.78, 5) is 42.9. The average Bonchev–Trinajstić information content (AvgIpc) is 3.13. The maximum absolute atomic E-state index is 12.4. The summed E-state index contributed by atoms with van der Waals surface area (Å²) >= 11 is 0. The van der Waals surface area contributed by atoms with Crippen LogP contribution in [0.3, 0.4) is 0 Å². The first-order valence-corrected chi connectivity index (χ1v) is 24.4. The highest BCUT2D eigenvalue weighted by Gasteiger charge is 2.23. The molecule has 1 unspecified atom stereocenters. The molecule has 0 saturated heterocycles. The van der Waals surface area contributed by atoms with Gasteiger partial charge in [-0.1, -0.05) is 226 Å². The summed E-state index contributed by atoms with van der Waals surface area (Å²) in [6.45, 7) is 3.73. The molecular formula is C44H87O8P. The fourth-order valence-corrected chi connectivity index (χ4v) is 7.32. The number of carbonyl (C=O) groups excluding carboxylic acids is 2. The van der Waals surface area contributed by atoms with Crippen molar-refractivity contribution in [3.8, 4) is 0 Å². The molecule has 0 rings (SSSR count). The molecule has 2 N–H and O–H groups in total. The number of phosphoric acid groups is 1. The number of rotatable bonds is 43. The molecule has 316 valence electrons. The van der Waals surface area contributed by atoms with E-state index in [9.17, 15) is 14.2 Å². The molecule has 1 atom stereocenters. The predicted molar refractivity (Wildman–Crippen MR) is 221 cm³/mol. The number of phosphoric ester groups is 1. The van der Waals surface area contributed by atoms with Crippen molar-refractivity contribution in [1.29, 1.82) is 0 Å². The van der Waals surface area contributed by atoms with Crippen molar-refractivity contribution in [3.63, 3.8) is 0 Å². The van der Waals surface area contributed by atoms with Gasteiger partial charge < -0.3 is 19.3 Å². The van der Waals surface area contributed by atoms with Crippen molar-refractivity contribution < 1.29 is 37.9 Å². The van der Waals surface area contributed by atoms with E-state index in [4.69, 9.17) is 19.3 Å². The summed E-state index contributed by atoms with van der Waals surface area (Å²) < 4.78 is 26.4. The van der Waals surface area contributed by atoms with Crippen LogP contribution in [0.15, 0.2) is 0 Å². The van der Waals surface area contributed by atoms with E-state index >= 15 is 0 Å². The second-order valence-electron chi connectivity index (χ2n) is 15.7. The summed E-state index contributed by atoms with van der Waals surface area (Å²) in [5.74, 6) is -0.865. The molecule has 0 aliphatic rings. The Kier molecular flexibility index (Phi) is 40.0. The minimum absolute atomic E-state index is 0.221. The van der Waals surface area contributed by atoms with E-state index in [1.165, 1.54) is 186 Å². The number of hydrogen-bond acceptors (Lipinski definition) is 6. The maximum Gasteiger partial charge on any atom is 0.469 e. The van der Waals surface area contributed by atoms with Crippen LogP contribution in [0.2, 0.25) is 0 Å². The van der Waals surface area contributed by atoms with Crippen molar-refractivity contribution in [1.82, 2.24) is 0 Å². The molecule has 53 heavy (non-hydrogen) atoms. The molecule has 0 aromatic carbocycles. The molecule has 8 nitrogen and oxygen atoms in total. The topological polar surface area (TPSA) is 119 Å². The van der Waals surface area contributed by atoms with Crippen molar-refractivity contribution in [2.24, 2.45) is 0 Å². The minimum Gasteiger partial charge on any atom is -0.462 e. The molecule has 9 heteroatoms. The molecular weight excluding hydrogens is 687 g/mol. The Hall–Kier alpha value is -0.950. The fourth-order valence-electron chi connectivity index (χ4n) is 6.96. The van der Waals surface area contributed by atoms with Gasteiger partial charge in [0, 0.05) is 12.8 Å². The first kappa shape index (κ1) is 52.0. The molecule has 0 aromatic heterocycles. The zero-order valence-corrected chi connectivity index (χ0v) is 35.8. The van der Waals surface area contributed by atoms with Gasteiger partial charge in [0.1, 0.15) is 6.61 Å². The van der Waals surface area contributed by atoms with Crippen molar-refractivity contribution >= 4 is 19.8 Å². The smallest absolute Gasteiger partial charge is 0.462 e. The largest absolute Gasteiger partial charge is 0.469 e. The van der Waals surface area contributed by atoms with Gasteiger partial charge in [-0.3, -0.25) is 14.1 Å². The normalized spacial score (nSPS) is 12.3. The Morgan fingerprint density at radius 1 is 0.415 bits per heavy atom. The lowest BCUT2D eigenvalue weighted by molar-refractivity contribution is -0.161. The lowest BCUT2D eigenvalue weighted by Gasteiger charge is -2.18. The van der Waals surface area contributed by atoms with Crippen molar-refractivity contribution in [2.45, 2.75) is 258 Å². The highest BCUT2D eigenvalue weighted by molar-refractivity contribution is 7.46. The van der Waals surface area contributed by atoms with Gasteiger partial charge in [0.05, 0.1) is 6.61 Å². The van der Waals surface area contributed by atoms with E-state index < -0.39 is 32.5 Å². The second-order valence-corrected chi connectivity index (χ2v) is 17.0. The van der Waals surface area contributed by atoms with E-state index in [0.29, 0.717) is 6.42 Å². The lowest BCUT2D eigenvalue weighted by atomic mass is 10.0.